The lowest BCUT2D eigenvalue weighted by atomic mass is 9.90. The summed E-state index contributed by atoms with van der Waals surface area (Å²) in [4.78, 5) is 52.5. The fourth-order valence-corrected chi connectivity index (χ4v) is 3.72. The third kappa shape index (κ3) is 5.04. The molecule has 4 rings (SSSR count). The fraction of sp³-hybridized carbons (Fsp3) is 0.333. The molecule has 1 fully saturated rings. The number of H-pyrrole nitrogens is 3. The first-order valence-corrected chi connectivity index (χ1v) is 10.8. The van der Waals surface area contributed by atoms with Crippen molar-refractivity contribution in [2.45, 2.75) is 26.2 Å². The predicted molar refractivity (Wildman–Crippen MR) is 125 cm³/mol. The van der Waals surface area contributed by atoms with Crippen LogP contribution in [0.1, 0.15) is 48.1 Å². The Morgan fingerprint density at radius 1 is 1.06 bits per heavy atom. The van der Waals surface area contributed by atoms with Crippen molar-refractivity contribution in [1.29, 1.82) is 0 Å². The number of ether oxygens (including phenoxy) is 1. The van der Waals surface area contributed by atoms with Gasteiger partial charge >= 0.3 is 0 Å². The first-order valence-electron chi connectivity index (χ1n) is 10.8. The molecule has 3 aromatic rings. The number of aromatic amines is 3. The second kappa shape index (κ2) is 9.03. The minimum absolute atomic E-state index is 0.0884. The summed E-state index contributed by atoms with van der Waals surface area (Å²) in [7, 11) is 0. The van der Waals surface area contributed by atoms with Crippen molar-refractivity contribution >= 4 is 18.1 Å². The van der Waals surface area contributed by atoms with Crippen LogP contribution in [0, 0.1) is 0 Å². The number of rotatable bonds is 3. The quantitative estimate of drug-likeness (QED) is 0.528. The number of carbonyl (C=O) groups is 1. The number of nitrogens with one attached hydrogen (secondary N) is 3. The van der Waals surface area contributed by atoms with Crippen LogP contribution in [0.4, 0.5) is 0 Å². The smallest absolute Gasteiger partial charge is 0.272 e. The van der Waals surface area contributed by atoms with Gasteiger partial charge in [0.25, 0.3) is 17.0 Å². The van der Waals surface area contributed by atoms with E-state index in [1.807, 2.05) is 20.8 Å². The molecule has 0 atom stereocenters. The minimum Gasteiger partial charge on any atom is -0.378 e. The van der Waals surface area contributed by atoms with E-state index in [9.17, 15) is 14.4 Å². The van der Waals surface area contributed by atoms with Gasteiger partial charge < -0.3 is 24.6 Å². The molecule has 0 saturated carbocycles. The topological polar surface area (TPSA) is 124 Å². The molecule has 2 aromatic heterocycles. The minimum atomic E-state index is -0.446. The van der Waals surface area contributed by atoms with Crippen molar-refractivity contribution in [1.82, 2.24) is 24.8 Å². The van der Waals surface area contributed by atoms with Gasteiger partial charge in [-0.15, -0.1) is 0 Å². The Morgan fingerprint density at radius 3 is 2.39 bits per heavy atom. The van der Waals surface area contributed by atoms with Crippen LogP contribution in [0.15, 0.2) is 40.2 Å². The molecular weight excluding hydrogens is 422 g/mol. The van der Waals surface area contributed by atoms with Crippen molar-refractivity contribution in [3.05, 3.63) is 84.5 Å². The lowest BCUT2D eigenvalue weighted by molar-refractivity contribution is 0.0303. The number of amides is 1. The molecule has 0 aliphatic carbocycles. The van der Waals surface area contributed by atoms with Crippen LogP contribution >= 0.6 is 0 Å². The number of imidazole rings is 1. The number of morpholine rings is 1. The molecule has 0 radical (unpaired) electrons. The van der Waals surface area contributed by atoms with Crippen LogP contribution in [0.3, 0.4) is 0 Å². The zero-order valence-electron chi connectivity index (χ0n) is 18.9. The van der Waals surface area contributed by atoms with Gasteiger partial charge in [0.1, 0.15) is 10.7 Å². The van der Waals surface area contributed by atoms with Gasteiger partial charge in [-0.2, -0.15) is 0 Å². The Kier molecular flexibility index (Phi) is 6.15. The summed E-state index contributed by atoms with van der Waals surface area (Å²) in [6.45, 7) is 8.22. The Balaban J connectivity index is 1.69. The van der Waals surface area contributed by atoms with E-state index in [1.54, 1.807) is 47.6 Å². The van der Waals surface area contributed by atoms with Crippen LogP contribution in [-0.2, 0) is 10.2 Å². The summed E-state index contributed by atoms with van der Waals surface area (Å²) in [5.74, 6) is -0.0884. The molecule has 9 heteroatoms. The van der Waals surface area contributed by atoms with E-state index in [1.165, 1.54) is 0 Å². The molecule has 3 N–H and O–H groups in total. The maximum Gasteiger partial charge on any atom is 0.272 e. The molecule has 33 heavy (non-hydrogen) atoms. The van der Waals surface area contributed by atoms with Crippen molar-refractivity contribution in [3.8, 4) is 0 Å². The third-order valence-electron chi connectivity index (χ3n) is 5.43. The monoisotopic (exact) mass is 449 g/mol. The maximum absolute atomic E-state index is 12.7. The highest BCUT2D eigenvalue weighted by Gasteiger charge is 2.20. The molecule has 9 nitrogen and oxygen atoms in total. The fourth-order valence-electron chi connectivity index (χ4n) is 3.72. The Hall–Kier alpha value is -3.72. The van der Waals surface area contributed by atoms with Crippen LogP contribution in [0.25, 0.3) is 12.2 Å². The summed E-state index contributed by atoms with van der Waals surface area (Å²) >= 11 is 0. The number of hydrogen-bond acceptors (Lipinski definition) is 5. The molecule has 1 aliphatic rings. The summed E-state index contributed by atoms with van der Waals surface area (Å²) in [6, 6.07) is 6.96. The second-order valence-corrected chi connectivity index (χ2v) is 8.97. The number of benzene rings is 1. The molecule has 172 valence electrons. The number of carbonyl (C=O) groups excluding carboxylic acids is 1. The standard InChI is InChI=1S/C24H27N5O4/c1-24(2,3)20-17(25-14-26-20)13-19-22(31)27-18(21(30)28-19)12-15-5-4-6-16(11-15)23(32)29-7-9-33-10-8-29/h4-6,11-14H,7-10H2,1-3H3,(H,25,26)(H,27,31)(H,28,30)/b18-12-,19-13-. The predicted octanol–water partition coefficient (Wildman–Crippen LogP) is 0.214. The average molecular weight is 450 g/mol. The van der Waals surface area contributed by atoms with E-state index in [0.717, 1.165) is 5.69 Å². The van der Waals surface area contributed by atoms with Crippen LogP contribution in [-0.4, -0.2) is 57.0 Å². The van der Waals surface area contributed by atoms with Gasteiger partial charge in [0.05, 0.1) is 25.2 Å². The van der Waals surface area contributed by atoms with E-state index in [4.69, 9.17) is 4.74 Å². The van der Waals surface area contributed by atoms with E-state index in [-0.39, 0.29) is 22.0 Å². The first kappa shape index (κ1) is 22.5. The summed E-state index contributed by atoms with van der Waals surface area (Å²) in [5.41, 5.74) is 1.52. The summed E-state index contributed by atoms with van der Waals surface area (Å²) in [6.07, 6.45) is 4.67. The van der Waals surface area contributed by atoms with Gasteiger partial charge in [0.15, 0.2) is 0 Å². The van der Waals surface area contributed by atoms with E-state index in [2.05, 4.69) is 19.9 Å². The summed E-state index contributed by atoms with van der Waals surface area (Å²) < 4.78 is 5.30. The van der Waals surface area contributed by atoms with Crippen molar-refractivity contribution in [2.75, 3.05) is 26.3 Å². The van der Waals surface area contributed by atoms with Crippen molar-refractivity contribution in [3.63, 3.8) is 0 Å². The average Bonchev–Trinajstić information content (AvgIpc) is 3.26. The van der Waals surface area contributed by atoms with Crippen molar-refractivity contribution in [2.24, 2.45) is 0 Å². The van der Waals surface area contributed by atoms with Gasteiger partial charge in [-0.3, -0.25) is 14.4 Å². The molecule has 1 aliphatic heterocycles. The molecule has 1 amide bonds. The van der Waals surface area contributed by atoms with Crippen molar-refractivity contribution < 1.29 is 9.53 Å². The van der Waals surface area contributed by atoms with Crippen LogP contribution < -0.4 is 21.8 Å². The van der Waals surface area contributed by atoms with Crippen LogP contribution in [0.5, 0.6) is 0 Å². The molecular formula is C24H27N5O4. The number of nitrogens with zero attached hydrogens (tertiary/aromatic N) is 2. The largest absolute Gasteiger partial charge is 0.378 e. The lowest BCUT2D eigenvalue weighted by Crippen LogP contribution is -2.46. The number of hydrogen-bond donors (Lipinski definition) is 3. The SMILES string of the molecule is CC(C)(C)c1[nH]cnc1/C=c1\[nH]c(=O)/c(=C/c2cccc(C(=O)N3CCOCC3)c2)[nH]c1=O. The molecule has 0 spiro atoms. The normalized spacial score (nSPS) is 15.8. The second-order valence-electron chi connectivity index (χ2n) is 8.97. The lowest BCUT2D eigenvalue weighted by Gasteiger charge is -2.26. The van der Waals surface area contributed by atoms with Gasteiger partial charge in [-0.05, 0) is 29.8 Å². The molecule has 0 unspecified atom stereocenters. The van der Waals surface area contributed by atoms with Gasteiger partial charge in [0.2, 0.25) is 0 Å². The zero-order chi connectivity index (χ0) is 23.6. The zero-order valence-corrected chi connectivity index (χ0v) is 18.9. The Morgan fingerprint density at radius 2 is 1.73 bits per heavy atom. The highest BCUT2D eigenvalue weighted by Crippen LogP contribution is 2.22. The molecule has 0 bridgehead atoms. The van der Waals surface area contributed by atoms with E-state index in [0.29, 0.717) is 43.1 Å². The summed E-state index contributed by atoms with van der Waals surface area (Å²) in [5, 5.41) is 0.220. The molecule has 1 aromatic carbocycles. The van der Waals surface area contributed by atoms with E-state index < -0.39 is 11.1 Å². The first-order chi connectivity index (χ1) is 15.7. The van der Waals surface area contributed by atoms with Gasteiger partial charge in [-0.1, -0.05) is 32.9 Å². The third-order valence-corrected chi connectivity index (χ3v) is 5.43. The highest BCUT2D eigenvalue weighted by molar-refractivity contribution is 5.94. The van der Waals surface area contributed by atoms with E-state index >= 15 is 0 Å². The van der Waals surface area contributed by atoms with Gasteiger partial charge in [-0.25, -0.2) is 4.98 Å². The van der Waals surface area contributed by atoms with Crippen LogP contribution in [0.2, 0.25) is 0 Å². The Labute approximate surface area is 189 Å². The molecule has 1 saturated heterocycles. The van der Waals surface area contributed by atoms with Gasteiger partial charge in [0, 0.05) is 29.8 Å². The highest BCUT2D eigenvalue weighted by atomic mass is 16.5. The number of aromatic nitrogens is 4. The maximum atomic E-state index is 12.7. The Bertz CT molecular complexity index is 1400. The molecule has 3 heterocycles.